The van der Waals surface area contributed by atoms with Gasteiger partial charge in [0.05, 0.1) is 24.9 Å². The van der Waals surface area contributed by atoms with Crippen LogP contribution in [0, 0.1) is 12.7 Å². The highest BCUT2D eigenvalue weighted by atomic mass is 32.2. The number of rotatable bonds is 6. The number of piperazine rings is 1. The molecule has 11 heteroatoms. The number of nitrogens with zero attached hydrogens (tertiary/aromatic N) is 3. The summed E-state index contributed by atoms with van der Waals surface area (Å²) in [5.74, 6) is -0.937. The van der Waals surface area contributed by atoms with E-state index in [0.717, 1.165) is 0 Å². The van der Waals surface area contributed by atoms with E-state index in [0.29, 0.717) is 22.4 Å². The first-order valence-corrected chi connectivity index (χ1v) is 12.9. The molecule has 0 N–H and O–H groups in total. The fourth-order valence-electron chi connectivity index (χ4n) is 3.69. The standard InChI is InChI=1S/C25H32FN3O6S/c1-18-16-21(10-11-22(18)26)29(17-19-6-8-20(9-7-19)23(30)34-5)36(32,33)28-14-12-27(13-15-28)24(31)35-25(2,3)4/h6-11,16H,12-15,17H2,1-5H3. The Hall–Kier alpha value is -3.18. The number of anilines is 1. The fraction of sp³-hybridized carbons (Fsp3) is 0.440. The number of ether oxygens (including phenoxy) is 2. The van der Waals surface area contributed by atoms with Gasteiger partial charge in [0.1, 0.15) is 11.4 Å². The Kier molecular flexibility index (Phi) is 8.25. The first-order chi connectivity index (χ1) is 16.8. The van der Waals surface area contributed by atoms with Gasteiger partial charge in [0.25, 0.3) is 0 Å². The van der Waals surface area contributed by atoms with Gasteiger partial charge in [-0.15, -0.1) is 0 Å². The van der Waals surface area contributed by atoms with Crippen LogP contribution in [0.5, 0.6) is 0 Å². The van der Waals surface area contributed by atoms with Gasteiger partial charge < -0.3 is 14.4 Å². The van der Waals surface area contributed by atoms with Gasteiger partial charge in [-0.1, -0.05) is 12.1 Å². The lowest BCUT2D eigenvalue weighted by molar-refractivity contribution is 0.0192. The van der Waals surface area contributed by atoms with E-state index >= 15 is 0 Å². The van der Waals surface area contributed by atoms with Gasteiger partial charge in [-0.2, -0.15) is 12.7 Å². The van der Waals surface area contributed by atoms with Crippen molar-refractivity contribution in [2.75, 3.05) is 37.6 Å². The van der Waals surface area contributed by atoms with E-state index in [2.05, 4.69) is 0 Å². The number of methoxy groups -OCH3 is 1. The summed E-state index contributed by atoms with van der Waals surface area (Å²) in [7, 11) is -2.76. The Morgan fingerprint density at radius 2 is 1.64 bits per heavy atom. The maximum atomic E-state index is 14.0. The van der Waals surface area contributed by atoms with Gasteiger partial charge in [-0.25, -0.2) is 14.0 Å². The Morgan fingerprint density at radius 1 is 1.03 bits per heavy atom. The van der Waals surface area contributed by atoms with Crippen LogP contribution in [0.2, 0.25) is 0 Å². The fourth-order valence-corrected chi connectivity index (χ4v) is 5.28. The van der Waals surface area contributed by atoms with Gasteiger partial charge in [0.2, 0.25) is 0 Å². The summed E-state index contributed by atoms with van der Waals surface area (Å²) in [6.45, 7) is 7.36. The van der Waals surface area contributed by atoms with Crippen LogP contribution in [0.4, 0.5) is 14.9 Å². The third-order valence-corrected chi connectivity index (χ3v) is 7.54. The topological polar surface area (TPSA) is 96.5 Å². The van der Waals surface area contributed by atoms with Crippen molar-refractivity contribution in [1.29, 1.82) is 0 Å². The van der Waals surface area contributed by atoms with E-state index < -0.39 is 33.7 Å². The van der Waals surface area contributed by atoms with E-state index in [1.54, 1.807) is 52.0 Å². The molecule has 0 aromatic heterocycles. The van der Waals surface area contributed by atoms with Crippen molar-refractivity contribution < 1.29 is 31.9 Å². The zero-order valence-corrected chi connectivity index (χ0v) is 22.0. The second-order valence-corrected chi connectivity index (χ2v) is 11.4. The average Bonchev–Trinajstić information content (AvgIpc) is 2.83. The molecule has 2 aromatic rings. The van der Waals surface area contributed by atoms with Crippen molar-refractivity contribution in [3.63, 3.8) is 0 Å². The lowest BCUT2D eigenvalue weighted by atomic mass is 10.1. The summed E-state index contributed by atoms with van der Waals surface area (Å²) < 4.78 is 54.1. The molecule has 0 radical (unpaired) electrons. The molecule has 36 heavy (non-hydrogen) atoms. The molecular weight excluding hydrogens is 489 g/mol. The normalized spacial score (nSPS) is 14.9. The van der Waals surface area contributed by atoms with Crippen molar-refractivity contribution in [2.24, 2.45) is 0 Å². The van der Waals surface area contributed by atoms with Crippen molar-refractivity contribution in [1.82, 2.24) is 9.21 Å². The van der Waals surface area contributed by atoms with Crippen molar-refractivity contribution in [3.05, 3.63) is 65.0 Å². The Balaban J connectivity index is 1.85. The second kappa shape index (κ2) is 10.8. The average molecular weight is 522 g/mol. The summed E-state index contributed by atoms with van der Waals surface area (Å²) >= 11 is 0. The number of halogens is 1. The van der Waals surface area contributed by atoms with Crippen molar-refractivity contribution in [3.8, 4) is 0 Å². The second-order valence-electron chi connectivity index (χ2n) is 9.50. The van der Waals surface area contributed by atoms with Crippen LogP contribution < -0.4 is 4.31 Å². The largest absolute Gasteiger partial charge is 0.465 e. The van der Waals surface area contributed by atoms with Crippen LogP contribution in [0.1, 0.15) is 42.3 Å². The maximum Gasteiger partial charge on any atom is 0.410 e. The third kappa shape index (κ3) is 6.52. The summed E-state index contributed by atoms with van der Waals surface area (Å²) in [5.41, 5.74) is 0.928. The Bertz CT molecular complexity index is 1200. The van der Waals surface area contributed by atoms with Crippen LogP contribution in [0.3, 0.4) is 0 Å². The summed E-state index contributed by atoms with van der Waals surface area (Å²) in [5, 5.41) is 0. The first kappa shape index (κ1) is 27.4. The molecule has 196 valence electrons. The number of aryl methyl sites for hydroxylation is 1. The van der Waals surface area contributed by atoms with Crippen LogP contribution in [0.15, 0.2) is 42.5 Å². The molecule has 1 saturated heterocycles. The molecule has 2 aromatic carbocycles. The quantitative estimate of drug-likeness (QED) is 0.538. The Labute approximate surface area is 211 Å². The summed E-state index contributed by atoms with van der Waals surface area (Å²) in [6, 6.07) is 10.5. The van der Waals surface area contributed by atoms with E-state index in [-0.39, 0.29) is 32.7 Å². The minimum Gasteiger partial charge on any atom is -0.465 e. The molecular formula is C25H32FN3O6S. The number of hydrogen-bond acceptors (Lipinski definition) is 6. The summed E-state index contributed by atoms with van der Waals surface area (Å²) in [4.78, 5) is 25.6. The molecule has 1 aliphatic heterocycles. The smallest absolute Gasteiger partial charge is 0.410 e. The van der Waals surface area contributed by atoms with E-state index in [4.69, 9.17) is 9.47 Å². The first-order valence-electron chi connectivity index (χ1n) is 11.5. The van der Waals surface area contributed by atoms with Crippen LogP contribution >= 0.6 is 0 Å². The molecule has 0 atom stereocenters. The third-order valence-electron chi connectivity index (χ3n) is 5.63. The number of esters is 1. The molecule has 0 bridgehead atoms. The number of hydrogen-bond donors (Lipinski definition) is 0. The zero-order chi connectivity index (χ0) is 26.7. The van der Waals surface area contributed by atoms with Gasteiger partial charge in [0.15, 0.2) is 0 Å². The van der Waals surface area contributed by atoms with E-state index in [1.807, 2.05) is 0 Å². The molecule has 0 spiro atoms. The highest BCUT2D eigenvalue weighted by Gasteiger charge is 2.35. The molecule has 1 amide bonds. The minimum atomic E-state index is -4.05. The highest BCUT2D eigenvalue weighted by Crippen LogP contribution is 2.27. The van der Waals surface area contributed by atoms with Crippen molar-refractivity contribution in [2.45, 2.75) is 39.8 Å². The van der Waals surface area contributed by atoms with E-state index in [9.17, 15) is 22.4 Å². The van der Waals surface area contributed by atoms with Gasteiger partial charge >= 0.3 is 22.3 Å². The molecule has 0 unspecified atom stereocenters. The summed E-state index contributed by atoms with van der Waals surface area (Å²) in [6.07, 6.45) is -0.490. The number of carbonyl (C=O) groups excluding carboxylic acids is 2. The number of carbonyl (C=O) groups is 2. The molecule has 0 saturated carbocycles. The number of benzene rings is 2. The van der Waals surface area contributed by atoms with Gasteiger partial charge in [-0.3, -0.25) is 4.31 Å². The molecule has 1 heterocycles. The molecule has 0 aliphatic carbocycles. The molecule has 1 fully saturated rings. The molecule has 1 aliphatic rings. The monoisotopic (exact) mass is 521 g/mol. The highest BCUT2D eigenvalue weighted by molar-refractivity contribution is 7.90. The van der Waals surface area contributed by atoms with Crippen LogP contribution in [0.25, 0.3) is 0 Å². The SMILES string of the molecule is COC(=O)c1ccc(CN(c2ccc(F)c(C)c2)S(=O)(=O)N2CCN(C(=O)OC(C)(C)C)CC2)cc1. The van der Waals surface area contributed by atoms with Gasteiger partial charge in [0, 0.05) is 26.2 Å². The zero-order valence-electron chi connectivity index (χ0n) is 21.2. The number of amides is 1. The maximum absolute atomic E-state index is 14.0. The lowest BCUT2D eigenvalue weighted by Crippen LogP contribution is -2.54. The van der Waals surface area contributed by atoms with Gasteiger partial charge in [-0.05, 0) is 69.2 Å². The van der Waals surface area contributed by atoms with Crippen LogP contribution in [-0.2, 0) is 26.2 Å². The molecule has 9 nitrogen and oxygen atoms in total. The lowest BCUT2D eigenvalue weighted by Gasteiger charge is -2.37. The van der Waals surface area contributed by atoms with Crippen LogP contribution in [-0.4, -0.2) is 68.6 Å². The van der Waals surface area contributed by atoms with Crippen molar-refractivity contribution >= 4 is 28.0 Å². The molecule has 3 rings (SSSR count). The Morgan fingerprint density at radius 3 is 2.17 bits per heavy atom. The predicted molar refractivity (Wildman–Crippen MR) is 133 cm³/mol. The minimum absolute atomic E-state index is 0.0405. The predicted octanol–water partition coefficient (Wildman–Crippen LogP) is 3.72. The van der Waals surface area contributed by atoms with E-state index in [1.165, 1.54) is 38.8 Å².